The molecule has 0 radical (unpaired) electrons. The van der Waals surface area contributed by atoms with E-state index in [1.165, 1.54) is 18.3 Å². The number of halogens is 1. The third-order valence-corrected chi connectivity index (χ3v) is 4.24. The number of amides is 1. The number of aromatic nitrogens is 2. The molecule has 2 aromatic heterocycles. The van der Waals surface area contributed by atoms with Crippen LogP contribution in [0.1, 0.15) is 24.2 Å². The highest BCUT2D eigenvalue weighted by Gasteiger charge is 2.21. The predicted octanol–water partition coefficient (Wildman–Crippen LogP) is 2.75. The number of fused-ring (bicyclic) bond motifs is 1. The highest BCUT2D eigenvalue weighted by molar-refractivity contribution is 6.08. The van der Waals surface area contributed by atoms with E-state index in [2.05, 4.69) is 20.6 Å². The van der Waals surface area contributed by atoms with Crippen LogP contribution in [0.4, 0.5) is 10.2 Å². The Bertz CT molecular complexity index is 972. The summed E-state index contributed by atoms with van der Waals surface area (Å²) in [4.78, 5) is 21.1. The van der Waals surface area contributed by atoms with Gasteiger partial charge in [-0.3, -0.25) is 4.79 Å². The van der Waals surface area contributed by atoms with Gasteiger partial charge in [0.1, 0.15) is 17.2 Å². The standard InChI is InChI=1S/C18H16FN5O.C2H6/c19-11-3-1-2-10(6-11)15-5-4-13-14(9-22-17(20)16(13)24-15)18(25)23-12-7-21-8-12;1-2/h1-6,9,12,21H,7-8H2,(H2,20,22)(H,23,25);1-2H3. The van der Waals surface area contributed by atoms with Gasteiger partial charge in [-0.1, -0.05) is 26.0 Å². The van der Waals surface area contributed by atoms with Gasteiger partial charge in [-0.25, -0.2) is 14.4 Å². The molecular formula is C20H22FN5O. The first kappa shape index (κ1) is 18.7. The summed E-state index contributed by atoms with van der Waals surface area (Å²) in [5, 5.41) is 6.66. The minimum Gasteiger partial charge on any atom is -0.382 e. The quantitative estimate of drug-likeness (QED) is 0.662. The molecule has 7 heteroatoms. The maximum Gasteiger partial charge on any atom is 0.253 e. The number of nitrogen functional groups attached to an aromatic ring is 1. The van der Waals surface area contributed by atoms with Crippen molar-refractivity contribution in [2.24, 2.45) is 0 Å². The maximum absolute atomic E-state index is 13.5. The molecule has 4 N–H and O–H groups in total. The van der Waals surface area contributed by atoms with Gasteiger partial charge < -0.3 is 16.4 Å². The molecule has 6 nitrogen and oxygen atoms in total. The summed E-state index contributed by atoms with van der Waals surface area (Å²) in [6.45, 7) is 5.52. The Morgan fingerprint density at radius 3 is 2.70 bits per heavy atom. The highest BCUT2D eigenvalue weighted by atomic mass is 19.1. The third-order valence-electron chi connectivity index (χ3n) is 4.24. The minimum absolute atomic E-state index is 0.125. The van der Waals surface area contributed by atoms with Crippen LogP contribution in [-0.2, 0) is 0 Å². The number of nitrogens with two attached hydrogens (primary N) is 1. The Morgan fingerprint density at radius 2 is 2.04 bits per heavy atom. The normalized spacial score (nSPS) is 13.4. The first-order valence-corrected chi connectivity index (χ1v) is 8.94. The second-order valence-corrected chi connectivity index (χ2v) is 5.99. The number of carbonyl (C=O) groups is 1. The molecule has 0 spiro atoms. The van der Waals surface area contributed by atoms with Gasteiger partial charge in [0.05, 0.1) is 17.3 Å². The molecule has 3 heterocycles. The van der Waals surface area contributed by atoms with Crippen LogP contribution in [0, 0.1) is 5.82 Å². The molecule has 27 heavy (non-hydrogen) atoms. The van der Waals surface area contributed by atoms with Crippen molar-refractivity contribution in [1.29, 1.82) is 0 Å². The van der Waals surface area contributed by atoms with E-state index in [1.807, 2.05) is 13.8 Å². The van der Waals surface area contributed by atoms with Crippen LogP contribution >= 0.6 is 0 Å². The van der Waals surface area contributed by atoms with Crippen molar-refractivity contribution >= 4 is 22.6 Å². The van der Waals surface area contributed by atoms with Crippen LogP contribution in [-0.4, -0.2) is 35.0 Å². The molecule has 4 rings (SSSR count). The van der Waals surface area contributed by atoms with Gasteiger partial charge in [0.15, 0.2) is 0 Å². The van der Waals surface area contributed by atoms with Crippen molar-refractivity contribution in [2.45, 2.75) is 19.9 Å². The molecule has 140 valence electrons. The Kier molecular flexibility index (Phi) is 5.61. The first-order chi connectivity index (χ1) is 13.1. The number of anilines is 1. The summed E-state index contributed by atoms with van der Waals surface area (Å²) in [6, 6.07) is 9.80. The Balaban J connectivity index is 0.00000102. The molecule has 3 aromatic rings. The van der Waals surface area contributed by atoms with Crippen molar-refractivity contribution in [2.75, 3.05) is 18.8 Å². The molecule has 0 bridgehead atoms. The van der Waals surface area contributed by atoms with Gasteiger partial charge >= 0.3 is 0 Å². The summed E-state index contributed by atoms with van der Waals surface area (Å²) in [7, 11) is 0. The molecular weight excluding hydrogens is 345 g/mol. The Labute approximate surface area is 157 Å². The van der Waals surface area contributed by atoms with Gasteiger partial charge in [-0.15, -0.1) is 0 Å². The van der Waals surface area contributed by atoms with Crippen LogP contribution in [0.5, 0.6) is 0 Å². The highest BCUT2D eigenvalue weighted by Crippen LogP contribution is 2.26. The van der Waals surface area contributed by atoms with E-state index in [9.17, 15) is 9.18 Å². The molecule has 1 aliphatic rings. The summed E-state index contributed by atoms with van der Waals surface area (Å²) >= 11 is 0. The number of nitrogens with zero attached hydrogens (tertiary/aromatic N) is 2. The van der Waals surface area contributed by atoms with Crippen molar-refractivity contribution in [1.82, 2.24) is 20.6 Å². The fourth-order valence-electron chi connectivity index (χ4n) is 2.78. The van der Waals surface area contributed by atoms with Gasteiger partial charge in [0, 0.05) is 30.2 Å². The molecule has 0 unspecified atom stereocenters. The van der Waals surface area contributed by atoms with Gasteiger partial charge in [-0.2, -0.15) is 0 Å². The van der Waals surface area contributed by atoms with Gasteiger partial charge in [0.2, 0.25) is 0 Å². The molecule has 0 aliphatic carbocycles. The SMILES string of the molecule is CC.Nc1ncc(C(=O)NC2CNC2)c2ccc(-c3cccc(F)c3)nc12. The molecule has 1 aliphatic heterocycles. The number of hydrogen-bond acceptors (Lipinski definition) is 5. The summed E-state index contributed by atoms with van der Waals surface area (Å²) in [5.41, 5.74) is 8.01. The number of pyridine rings is 2. The van der Waals surface area contributed by atoms with Crippen LogP contribution in [0.2, 0.25) is 0 Å². The predicted molar refractivity (Wildman–Crippen MR) is 105 cm³/mol. The van der Waals surface area contributed by atoms with Crippen LogP contribution < -0.4 is 16.4 Å². The van der Waals surface area contributed by atoms with Crippen LogP contribution in [0.15, 0.2) is 42.6 Å². The van der Waals surface area contributed by atoms with Gasteiger partial charge in [0.25, 0.3) is 5.91 Å². The van der Waals surface area contributed by atoms with Gasteiger partial charge in [-0.05, 0) is 24.3 Å². The lowest BCUT2D eigenvalue weighted by Crippen LogP contribution is -2.56. The zero-order valence-corrected chi connectivity index (χ0v) is 15.3. The second-order valence-electron chi connectivity index (χ2n) is 5.99. The van der Waals surface area contributed by atoms with E-state index in [4.69, 9.17) is 5.73 Å². The lowest BCUT2D eigenvalue weighted by atomic mass is 10.1. The average Bonchev–Trinajstić information content (AvgIpc) is 2.66. The first-order valence-electron chi connectivity index (χ1n) is 8.94. The largest absolute Gasteiger partial charge is 0.382 e. The summed E-state index contributed by atoms with van der Waals surface area (Å²) < 4.78 is 13.5. The van der Waals surface area contributed by atoms with Crippen molar-refractivity contribution in [3.63, 3.8) is 0 Å². The molecule has 1 aromatic carbocycles. The maximum atomic E-state index is 13.5. The topological polar surface area (TPSA) is 92.9 Å². The van der Waals surface area contributed by atoms with E-state index in [0.29, 0.717) is 27.7 Å². The van der Waals surface area contributed by atoms with Crippen LogP contribution in [0.25, 0.3) is 22.2 Å². The third kappa shape index (κ3) is 3.88. The van der Waals surface area contributed by atoms with E-state index in [0.717, 1.165) is 13.1 Å². The number of rotatable bonds is 3. The lowest BCUT2D eigenvalue weighted by molar-refractivity contribution is 0.0925. The summed E-state index contributed by atoms with van der Waals surface area (Å²) in [5.74, 6) is -0.313. The van der Waals surface area contributed by atoms with Crippen molar-refractivity contribution in [3.05, 3.63) is 54.0 Å². The van der Waals surface area contributed by atoms with Crippen molar-refractivity contribution < 1.29 is 9.18 Å². The van der Waals surface area contributed by atoms with E-state index >= 15 is 0 Å². The Morgan fingerprint density at radius 1 is 1.26 bits per heavy atom. The van der Waals surface area contributed by atoms with E-state index < -0.39 is 0 Å². The van der Waals surface area contributed by atoms with E-state index in [-0.39, 0.29) is 23.6 Å². The average molecular weight is 367 g/mol. The monoisotopic (exact) mass is 367 g/mol. The number of nitrogens with one attached hydrogen (secondary N) is 2. The fourth-order valence-corrected chi connectivity index (χ4v) is 2.78. The zero-order valence-electron chi connectivity index (χ0n) is 15.3. The minimum atomic E-state index is -0.340. The van der Waals surface area contributed by atoms with E-state index in [1.54, 1.807) is 24.3 Å². The number of carbonyl (C=O) groups excluding carboxylic acids is 1. The Hall–Kier alpha value is -3.06. The molecule has 0 atom stereocenters. The second kappa shape index (κ2) is 8.09. The molecule has 1 amide bonds. The molecule has 1 saturated heterocycles. The zero-order chi connectivity index (χ0) is 19.4. The molecule has 0 saturated carbocycles. The smallest absolute Gasteiger partial charge is 0.253 e. The summed E-state index contributed by atoms with van der Waals surface area (Å²) in [6.07, 6.45) is 1.46. The number of benzene rings is 1. The number of hydrogen-bond donors (Lipinski definition) is 3. The fraction of sp³-hybridized carbons (Fsp3) is 0.250. The van der Waals surface area contributed by atoms with Crippen molar-refractivity contribution in [3.8, 4) is 11.3 Å². The van der Waals surface area contributed by atoms with Crippen LogP contribution in [0.3, 0.4) is 0 Å². The molecule has 1 fully saturated rings. The lowest BCUT2D eigenvalue weighted by Gasteiger charge is -2.28.